The van der Waals surface area contributed by atoms with Gasteiger partial charge in [-0.2, -0.15) is 4.98 Å². The average Bonchev–Trinajstić information content (AvgIpc) is 3.22. The van der Waals surface area contributed by atoms with E-state index in [9.17, 15) is 4.39 Å². The zero-order valence-electron chi connectivity index (χ0n) is 15.6. The Morgan fingerprint density at radius 2 is 2.00 bits per heavy atom. The molecule has 0 N–H and O–H groups in total. The van der Waals surface area contributed by atoms with E-state index >= 15 is 0 Å². The summed E-state index contributed by atoms with van der Waals surface area (Å²) in [4.78, 5) is 13.1. The standard InChI is InChI=1S/C20H21ClFN5O/c1-14(20-24-19(25-28-20)15-4-3-7-23-12-15)27-10-8-26(9-11-27)13-16-17(21)5-2-6-18(16)22/h2-7,12,14H,8-11,13H2,1H3. The second-order valence-electron chi connectivity index (χ2n) is 6.89. The van der Waals surface area contributed by atoms with Crippen molar-refractivity contribution in [3.05, 3.63) is 65.0 Å². The van der Waals surface area contributed by atoms with E-state index in [4.69, 9.17) is 16.1 Å². The maximum absolute atomic E-state index is 14.0. The lowest BCUT2D eigenvalue weighted by molar-refractivity contribution is 0.0840. The predicted octanol–water partition coefficient (Wildman–Crippen LogP) is 3.80. The summed E-state index contributed by atoms with van der Waals surface area (Å²) in [5.41, 5.74) is 1.39. The minimum Gasteiger partial charge on any atom is -0.337 e. The van der Waals surface area contributed by atoms with Crippen LogP contribution < -0.4 is 0 Å². The van der Waals surface area contributed by atoms with Gasteiger partial charge in [0.1, 0.15) is 5.82 Å². The zero-order chi connectivity index (χ0) is 19.5. The first kappa shape index (κ1) is 19.0. The van der Waals surface area contributed by atoms with Crippen molar-refractivity contribution in [3.63, 3.8) is 0 Å². The number of piperazine rings is 1. The summed E-state index contributed by atoms with van der Waals surface area (Å²) in [5, 5.41) is 4.55. The summed E-state index contributed by atoms with van der Waals surface area (Å²) in [5.74, 6) is 0.879. The molecule has 0 aliphatic carbocycles. The molecule has 1 fully saturated rings. The quantitative estimate of drug-likeness (QED) is 0.648. The summed E-state index contributed by atoms with van der Waals surface area (Å²) in [6.45, 7) is 5.87. The van der Waals surface area contributed by atoms with Gasteiger partial charge in [0.25, 0.3) is 0 Å². The number of hydrogen-bond donors (Lipinski definition) is 0. The Bertz CT molecular complexity index is 907. The number of hydrogen-bond acceptors (Lipinski definition) is 6. The Balaban J connectivity index is 1.37. The molecule has 8 heteroatoms. The molecule has 146 valence electrons. The van der Waals surface area contributed by atoms with Gasteiger partial charge in [-0.15, -0.1) is 0 Å². The molecule has 0 radical (unpaired) electrons. The molecule has 1 aliphatic rings. The van der Waals surface area contributed by atoms with E-state index in [0.29, 0.717) is 28.8 Å². The molecule has 6 nitrogen and oxygen atoms in total. The van der Waals surface area contributed by atoms with Crippen molar-refractivity contribution in [3.8, 4) is 11.4 Å². The van der Waals surface area contributed by atoms with Gasteiger partial charge in [-0.05, 0) is 31.2 Å². The van der Waals surface area contributed by atoms with Crippen molar-refractivity contribution < 1.29 is 8.91 Å². The van der Waals surface area contributed by atoms with Crippen LogP contribution in [-0.2, 0) is 6.54 Å². The number of benzene rings is 1. The smallest absolute Gasteiger partial charge is 0.244 e. The molecule has 0 amide bonds. The molecule has 3 heterocycles. The Labute approximate surface area is 167 Å². The fourth-order valence-corrected chi connectivity index (χ4v) is 3.61. The van der Waals surface area contributed by atoms with E-state index in [1.807, 2.05) is 12.1 Å². The fourth-order valence-electron chi connectivity index (χ4n) is 3.39. The summed E-state index contributed by atoms with van der Waals surface area (Å²) in [7, 11) is 0. The Kier molecular flexibility index (Phi) is 5.66. The highest BCUT2D eigenvalue weighted by Gasteiger charge is 2.26. The van der Waals surface area contributed by atoms with Crippen LogP contribution in [0, 0.1) is 5.82 Å². The Morgan fingerprint density at radius 3 is 2.71 bits per heavy atom. The SMILES string of the molecule is CC(c1nc(-c2cccnc2)no1)N1CCN(Cc2c(F)cccc2Cl)CC1. The maximum atomic E-state index is 14.0. The third-order valence-electron chi connectivity index (χ3n) is 5.12. The van der Waals surface area contributed by atoms with Crippen molar-refractivity contribution in [1.29, 1.82) is 0 Å². The number of rotatable bonds is 5. The van der Waals surface area contributed by atoms with Crippen LogP contribution in [0.25, 0.3) is 11.4 Å². The lowest BCUT2D eigenvalue weighted by Crippen LogP contribution is -2.46. The Morgan fingerprint density at radius 1 is 1.18 bits per heavy atom. The number of aromatic nitrogens is 3. The highest BCUT2D eigenvalue weighted by molar-refractivity contribution is 6.31. The normalized spacial score (nSPS) is 17.0. The molecule has 1 aliphatic heterocycles. The van der Waals surface area contributed by atoms with Gasteiger partial charge in [-0.3, -0.25) is 14.8 Å². The predicted molar refractivity (Wildman–Crippen MR) is 104 cm³/mol. The van der Waals surface area contributed by atoms with Crippen LogP contribution >= 0.6 is 11.6 Å². The van der Waals surface area contributed by atoms with E-state index in [1.54, 1.807) is 24.5 Å². The van der Waals surface area contributed by atoms with E-state index in [1.165, 1.54) is 6.07 Å². The number of pyridine rings is 1. The van der Waals surface area contributed by atoms with Crippen LogP contribution in [0.4, 0.5) is 4.39 Å². The minimum absolute atomic E-state index is 0.0112. The third-order valence-corrected chi connectivity index (χ3v) is 5.47. The first-order valence-corrected chi connectivity index (χ1v) is 9.63. The molecule has 28 heavy (non-hydrogen) atoms. The van der Waals surface area contributed by atoms with Gasteiger partial charge in [-0.1, -0.05) is 22.8 Å². The summed E-state index contributed by atoms with van der Waals surface area (Å²) in [6.07, 6.45) is 3.42. The summed E-state index contributed by atoms with van der Waals surface area (Å²) in [6, 6.07) is 8.57. The van der Waals surface area contributed by atoms with Crippen molar-refractivity contribution in [2.24, 2.45) is 0 Å². The molecule has 1 unspecified atom stereocenters. The largest absolute Gasteiger partial charge is 0.337 e. The first-order chi connectivity index (χ1) is 13.6. The number of nitrogens with zero attached hydrogens (tertiary/aromatic N) is 5. The van der Waals surface area contributed by atoms with Crippen LogP contribution in [0.15, 0.2) is 47.2 Å². The number of halogens is 2. The first-order valence-electron chi connectivity index (χ1n) is 9.25. The molecule has 2 aromatic heterocycles. The monoisotopic (exact) mass is 401 g/mol. The molecule has 1 aromatic carbocycles. The molecule has 3 aromatic rings. The highest BCUT2D eigenvalue weighted by atomic mass is 35.5. The third kappa shape index (κ3) is 4.06. The van der Waals surface area contributed by atoms with Gasteiger partial charge in [0.15, 0.2) is 0 Å². The molecule has 1 saturated heterocycles. The Hall–Kier alpha value is -2.35. The second kappa shape index (κ2) is 8.34. The summed E-state index contributed by atoms with van der Waals surface area (Å²) < 4.78 is 19.5. The van der Waals surface area contributed by atoms with Gasteiger partial charge in [0.2, 0.25) is 11.7 Å². The lowest BCUT2D eigenvalue weighted by atomic mass is 10.1. The lowest BCUT2D eigenvalue weighted by Gasteiger charge is -2.36. The molecule has 4 rings (SSSR count). The fraction of sp³-hybridized carbons (Fsp3) is 0.350. The molecule has 0 spiro atoms. The van der Waals surface area contributed by atoms with Crippen molar-refractivity contribution in [2.75, 3.05) is 26.2 Å². The highest BCUT2D eigenvalue weighted by Crippen LogP contribution is 2.25. The van der Waals surface area contributed by atoms with E-state index in [0.717, 1.165) is 31.7 Å². The second-order valence-corrected chi connectivity index (χ2v) is 7.29. The van der Waals surface area contributed by atoms with E-state index in [-0.39, 0.29) is 11.9 Å². The maximum Gasteiger partial charge on any atom is 0.244 e. The van der Waals surface area contributed by atoms with Crippen molar-refractivity contribution >= 4 is 11.6 Å². The minimum atomic E-state index is -0.253. The molecular weight excluding hydrogens is 381 g/mol. The molecule has 1 atom stereocenters. The molecule has 0 saturated carbocycles. The van der Waals surface area contributed by atoms with Crippen LogP contribution in [0.3, 0.4) is 0 Å². The van der Waals surface area contributed by atoms with Crippen molar-refractivity contribution in [2.45, 2.75) is 19.5 Å². The van der Waals surface area contributed by atoms with E-state index in [2.05, 4.69) is 31.8 Å². The van der Waals surface area contributed by atoms with Gasteiger partial charge in [0, 0.05) is 61.3 Å². The summed E-state index contributed by atoms with van der Waals surface area (Å²) >= 11 is 6.15. The molecular formula is C20H21ClFN5O. The van der Waals surface area contributed by atoms with Gasteiger partial charge in [-0.25, -0.2) is 4.39 Å². The van der Waals surface area contributed by atoms with Gasteiger partial charge >= 0.3 is 0 Å². The van der Waals surface area contributed by atoms with Gasteiger partial charge in [0.05, 0.1) is 6.04 Å². The van der Waals surface area contributed by atoms with Crippen LogP contribution in [0.1, 0.15) is 24.4 Å². The van der Waals surface area contributed by atoms with Crippen LogP contribution in [-0.4, -0.2) is 51.1 Å². The topological polar surface area (TPSA) is 58.3 Å². The van der Waals surface area contributed by atoms with Crippen LogP contribution in [0.5, 0.6) is 0 Å². The zero-order valence-corrected chi connectivity index (χ0v) is 16.3. The van der Waals surface area contributed by atoms with Crippen LogP contribution in [0.2, 0.25) is 5.02 Å². The molecule has 0 bridgehead atoms. The van der Waals surface area contributed by atoms with Gasteiger partial charge < -0.3 is 4.52 Å². The van der Waals surface area contributed by atoms with Crippen molar-refractivity contribution in [1.82, 2.24) is 24.9 Å². The average molecular weight is 402 g/mol. The van der Waals surface area contributed by atoms with E-state index < -0.39 is 0 Å².